The number of benzene rings is 1. The summed E-state index contributed by atoms with van der Waals surface area (Å²) in [4.78, 5) is 10.1. The number of likely N-dealkylation sites (N-methyl/N-ethyl adjacent to an activating group) is 1. The lowest BCUT2D eigenvalue weighted by Crippen LogP contribution is -2.44. The summed E-state index contributed by atoms with van der Waals surface area (Å²) in [5.41, 5.74) is 6.04. The predicted octanol–water partition coefficient (Wildman–Crippen LogP) is 6.29. The van der Waals surface area contributed by atoms with Crippen molar-refractivity contribution in [1.29, 1.82) is 0 Å². The highest BCUT2D eigenvalue weighted by Gasteiger charge is 2.37. The van der Waals surface area contributed by atoms with Crippen LogP contribution in [0.4, 0.5) is 0 Å². The average molecular weight is 440 g/mol. The number of piperidine rings is 1. The van der Waals surface area contributed by atoms with Crippen molar-refractivity contribution in [3.8, 4) is 11.3 Å². The Bertz CT molecular complexity index is 903. The maximum absolute atomic E-state index is 5.15. The van der Waals surface area contributed by atoms with Gasteiger partial charge in [0.1, 0.15) is 0 Å². The molecule has 1 unspecified atom stereocenters. The van der Waals surface area contributed by atoms with Crippen LogP contribution in [0.15, 0.2) is 23.6 Å². The van der Waals surface area contributed by atoms with Crippen LogP contribution in [-0.2, 0) is 10.8 Å². The second-order valence-corrected chi connectivity index (χ2v) is 12.4. The minimum Gasteiger partial charge on any atom is -0.308 e. The molecular formula is C27H41N3S. The summed E-state index contributed by atoms with van der Waals surface area (Å²) < 4.78 is 0. The summed E-state index contributed by atoms with van der Waals surface area (Å²) in [7, 11) is 4.34. The van der Waals surface area contributed by atoms with Gasteiger partial charge < -0.3 is 4.90 Å². The summed E-state index contributed by atoms with van der Waals surface area (Å²) in [6.07, 6.45) is 4.98. The van der Waals surface area contributed by atoms with E-state index < -0.39 is 0 Å². The first-order valence-electron chi connectivity index (χ1n) is 12.1. The maximum atomic E-state index is 5.15. The molecule has 170 valence electrons. The Morgan fingerprint density at radius 2 is 1.71 bits per heavy atom. The second-order valence-electron chi connectivity index (χ2n) is 11.5. The predicted molar refractivity (Wildman–Crippen MR) is 134 cm³/mol. The number of likely N-dealkylation sites (tertiary alicyclic amines) is 1. The Morgan fingerprint density at radius 3 is 2.35 bits per heavy atom. The van der Waals surface area contributed by atoms with Gasteiger partial charge in [-0.25, -0.2) is 4.98 Å². The Hall–Kier alpha value is -1.23. The van der Waals surface area contributed by atoms with Gasteiger partial charge in [0.15, 0.2) is 0 Å². The normalized spacial score (nSPS) is 22.5. The van der Waals surface area contributed by atoms with Gasteiger partial charge in [-0.1, -0.05) is 39.8 Å². The zero-order valence-electron chi connectivity index (χ0n) is 20.7. The summed E-state index contributed by atoms with van der Waals surface area (Å²) in [5, 5.41) is 3.63. The van der Waals surface area contributed by atoms with Gasteiger partial charge in [-0.05, 0) is 87.8 Å². The fourth-order valence-corrected chi connectivity index (χ4v) is 6.59. The van der Waals surface area contributed by atoms with Gasteiger partial charge in [-0.3, -0.25) is 4.90 Å². The Kier molecular flexibility index (Phi) is 6.37. The van der Waals surface area contributed by atoms with Crippen molar-refractivity contribution in [3.05, 3.63) is 39.7 Å². The number of thiazole rings is 1. The van der Waals surface area contributed by atoms with Crippen molar-refractivity contribution in [2.45, 2.75) is 83.1 Å². The molecule has 1 atom stereocenters. The van der Waals surface area contributed by atoms with Crippen LogP contribution in [0.25, 0.3) is 11.3 Å². The van der Waals surface area contributed by atoms with E-state index >= 15 is 0 Å². The number of aromatic nitrogens is 1. The molecule has 2 heterocycles. The largest absolute Gasteiger partial charge is 0.308 e. The third-order valence-electron chi connectivity index (χ3n) is 7.80. The molecular weight excluding hydrogens is 398 g/mol. The van der Waals surface area contributed by atoms with Crippen LogP contribution >= 0.6 is 11.3 Å². The fourth-order valence-electron chi connectivity index (χ4n) is 5.59. The lowest BCUT2D eigenvalue weighted by atomic mass is 9.63. The van der Waals surface area contributed by atoms with Gasteiger partial charge in [-0.2, -0.15) is 0 Å². The molecule has 31 heavy (non-hydrogen) atoms. The number of fused-ring (bicyclic) bond motifs is 1. The molecule has 1 saturated heterocycles. The molecule has 3 nitrogen and oxygen atoms in total. The summed E-state index contributed by atoms with van der Waals surface area (Å²) >= 11 is 1.87. The van der Waals surface area contributed by atoms with Crippen LogP contribution in [0.1, 0.15) is 82.4 Å². The monoisotopic (exact) mass is 439 g/mol. The smallest absolute Gasteiger partial charge is 0.0964 e. The highest BCUT2D eigenvalue weighted by atomic mass is 32.1. The van der Waals surface area contributed by atoms with Crippen LogP contribution in [0.3, 0.4) is 0 Å². The first-order valence-corrected chi connectivity index (χ1v) is 12.9. The van der Waals surface area contributed by atoms with Crippen LogP contribution in [0, 0.1) is 0 Å². The molecule has 4 heteroatoms. The van der Waals surface area contributed by atoms with Crippen LogP contribution in [0.5, 0.6) is 0 Å². The Morgan fingerprint density at radius 1 is 1.06 bits per heavy atom. The number of rotatable bonds is 5. The van der Waals surface area contributed by atoms with E-state index in [-0.39, 0.29) is 10.8 Å². The third-order valence-corrected chi connectivity index (χ3v) is 8.81. The van der Waals surface area contributed by atoms with Gasteiger partial charge in [-0.15, -0.1) is 11.3 Å². The van der Waals surface area contributed by atoms with Gasteiger partial charge in [0, 0.05) is 29.4 Å². The number of hydrogen-bond acceptors (Lipinski definition) is 4. The zero-order chi connectivity index (χ0) is 22.4. The van der Waals surface area contributed by atoms with Crippen LogP contribution in [-0.4, -0.2) is 54.6 Å². The van der Waals surface area contributed by atoms with E-state index in [9.17, 15) is 0 Å². The highest BCUT2D eigenvalue weighted by molar-refractivity contribution is 7.10. The van der Waals surface area contributed by atoms with E-state index in [1.807, 2.05) is 11.3 Å². The van der Waals surface area contributed by atoms with Crippen molar-refractivity contribution >= 4 is 11.3 Å². The molecule has 0 amide bonds. The first-order chi connectivity index (χ1) is 14.6. The minimum atomic E-state index is 0.246. The summed E-state index contributed by atoms with van der Waals surface area (Å²) in [5.74, 6) is 0.620. The molecule has 1 fully saturated rings. The standard InChI is InChI=1S/C27H41N3S/c1-19(17-29(6)7)30-14-10-20(11-15-30)25-28-24(18-31-25)21-8-9-22-23(16-21)27(4,5)13-12-26(22,2)3/h8-9,16,18-20H,10-15,17H2,1-7H3. The van der Waals surface area contributed by atoms with E-state index in [0.717, 1.165) is 6.54 Å². The van der Waals surface area contributed by atoms with E-state index in [1.165, 1.54) is 66.2 Å². The highest BCUT2D eigenvalue weighted by Crippen LogP contribution is 2.47. The van der Waals surface area contributed by atoms with Crippen LogP contribution in [0.2, 0.25) is 0 Å². The molecule has 1 aliphatic heterocycles. The van der Waals surface area contributed by atoms with Gasteiger partial charge >= 0.3 is 0 Å². The van der Waals surface area contributed by atoms with Crippen LogP contribution < -0.4 is 0 Å². The molecule has 0 spiro atoms. The minimum absolute atomic E-state index is 0.246. The first kappa shape index (κ1) is 22.9. The SMILES string of the molecule is CC(CN(C)C)N1CCC(c2nc(-c3ccc4c(c3)C(C)(C)CCC4(C)C)cs2)CC1. The van der Waals surface area contributed by atoms with Crippen molar-refractivity contribution in [2.24, 2.45) is 0 Å². The average Bonchev–Trinajstić information content (AvgIpc) is 3.21. The van der Waals surface area contributed by atoms with Gasteiger partial charge in [0.2, 0.25) is 0 Å². The number of hydrogen-bond donors (Lipinski definition) is 0. The van der Waals surface area contributed by atoms with Gasteiger partial charge in [0.25, 0.3) is 0 Å². The zero-order valence-corrected chi connectivity index (χ0v) is 21.5. The molecule has 4 rings (SSSR count). The van der Waals surface area contributed by atoms with E-state index in [1.54, 1.807) is 0 Å². The molecule has 0 saturated carbocycles. The molecule has 0 N–H and O–H groups in total. The van der Waals surface area contributed by atoms with Gasteiger partial charge in [0.05, 0.1) is 10.7 Å². The van der Waals surface area contributed by atoms with E-state index in [2.05, 4.69) is 82.1 Å². The molecule has 0 radical (unpaired) electrons. The van der Waals surface area contributed by atoms with E-state index in [0.29, 0.717) is 12.0 Å². The van der Waals surface area contributed by atoms with E-state index in [4.69, 9.17) is 4.98 Å². The van der Waals surface area contributed by atoms with Crippen molar-refractivity contribution in [2.75, 3.05) is 33.7 Å². The maximum Gasteiger partial charge on any atom is 0.0964 e. The molecule has 2 aliphatic rings. The quantitative estimate of drug-likeness (QED) is 0.546. The topological polar surface area (TPSA) is 19.4 Å². The lowest BCUT2D eigenvalue weighted by Gasteiger charge is -2.42. The lowest BCUT2D eigenvalue weighted by molar-refractivity contribution is 0.138. The molecule has 2 aromatic rings. The molecule has 1 aliphatic carbocycles. The molecule has 1 aromatic heterocycles. The van der Waals surface area contributed by atoms with Crippen molar-refractivity contribution in [3.63, 3.8) is 0 Å². The second kappa shape index (κ2) is 8.61. The Balaban J connectivity index is 1.49. The molecule has 1 aromatic carbocycles. The third kappa shape index (κ3) is 4.77. The number of nitrogens with zero attached hydrogens (tertiary/aromatic N) is 3. The van der Waals surface area contributed by atoms with Crippen molar-refractivity contribution in [1.82, 2.24) is 14.8 Å². The Labute approximate surface area is 193 Å². The summed E-state index contributed by atoms with van der Waals surface area (Å²) in [6.45, 7) is 15.5. The van der Waals surface area contributed by atoms with Crippen molar-refractivity contribution < 1.29 is 0 Å². The molecule has 0 bridgehead atoms. The summed E-state index contributed by atoms with van der Waals surface area (Å²) in [6, 6.07) is 7.77. The fraction of sp³-hybridized carbons (Fsp3) is 0.667.